The van der Waals surface area contributed by atoms with E-state index in [1.807, 2.05) is 11.0 Å². The molecule has 1 heterocycles. The molecule has 0 aliphatic carbocycles. The van der Waals surface area contributed by atoms with Gasteiger partial charge >= 0.3 is 5.97 Å². The minimum Gasteiger partial charge on any atom is -0.481 e. The number of hydrogen-bond donors (Lipinski definition) is 1. The van der Waals surface area contributed by atoms with Gasteiger partial charge in [-0.2, -0.15) is 5.26 Å². The maximum atomic E-state index is 13.4. The molecule has 0 amide bonds. The summed E-state index contributed by atoms with van der Waals surface area (Å²) in [6.07, 6.45) is 0. The monoisotopic (exact) mass is 278 g/mol. The summed E-state index contributed by atoms with van der Waals surface area (Å²) >= 11 is 0. The van der Waals surface area contributed by atoms with E-state index in [1.165, 1.54) is 12.1 Å². The van der Waals surface area contributed by atoms with Crippen LogP contribution in [0.2, 0.25) is 0 Å². The second-order valence-electron chi connectivity index (χ2n) is 4.92. The van der Waals surface area contributed by atoms with Gasteiger partial charge in [0.1, 0.15) is 5.82 Å². The van der Waals surface area contributed by atoms with Crippen molar-refractivity contribution in [1.29, 1.82) is 5.26 Å². The number of rotatable bonds is 4. The van der Waals surface area contributed by atoms with E-state index in [1.54, 1.807) is 13.1 Å². The van der Waals surface area contributed by atoms with Crippen LogP contribution in [0.4, 0.5) is 4.39 Å². The molecule has 20 heavy (non-hydrogen) atoms. The normalized spacial score (nSPS) is 21.9. The van der Waals surface area contributed by atoms with Crippen molar-refractivity contribution in [1.82, 2.24) is 4.90 Å². The molecular weight excluding hydrogens is 263 g/mol. The summed E-state index contributed by atoms with van der Waals surface area (Å²) in [7, 11) is 1.77. The topological polar surface area (TPSA) is 73.6 Å². The number of halogens is 1. The Labute approximate surface area is 116 Å². The summed E-state index contributed by atoms with van der Waals surface area (Å²) < 4.78 is 18.6. The molecule has 2 atom stereocenters. The quantitative estimate of drug-likeness (QED) is 0.896. The first-order chi connectivity index (χ1) is 9.51. The van der Waals surface area contributed by atoms with Crippen LogP contribution < -0.4 is 0 Å². The SMILES string of the molecule is CN(Cc1cc(F)cc(C#N)c1)C1COCC1C(=O)O. The van der Waals surface area contributed by atoms with Gasteiger partial charge in [0.2, 0.25) is 0 Å². The second-order valence-corrected chi connectivity index (χ2v) is 4.92. The highest BCUT2D eigenvalue weighted by atomic mass is 19.1. The highest BCUT2D eigenvalue weighted by molar-refractivity contribution is 5.71. The Kier molecular flexibility index (Phi) is 4.32. The number of likely N-dealkylation sites (N-methyl/N-ethyl adjacent to an activating group) is 1. The number of carbonyl (C=O) groups is 1. The van der Waals surface area contributed by atoms with Gasteiger partial charge in [0, 0.05) is 12.6 Å². The Hall–Kier alpha value is -1.97. The van der Waals surface area contributed by atoms with Crippen LogP contribution in [-0.2, 0) is 16.1 Å². The van der Waals surface area contributed by atoms with Gasteiger partial charge in [0.15, 0.2) is 0 Å². The van der Waals surface area contributed by atoms with Crippen LogP contribution in [0, 0.1) is 23.1 Å². The Morgan fingerprint density at radius 3 is 2.95 bits per heavy atom. The van der Waals surface area contributed by atoms with Crippen molar-refractivity contribution < 1.29 is 19.0 Å². The number of ether oxygens (including phenoxy) is 1. The third kappa shape index (κ3) is 3.13. The first-order valence-corrected chi connectivity index (χ1v) is 6.21. The van der Waals surface area contributed by atoms with Crippen molar-refractivity contribution >= 4 is 5.97 Å². The number of carboxylic acid groups (broad SMARTS) is 1. The summed E-state index contributed by atoms with van der Waals surface area (Å²) in [6, 6.07) is 5.77. The Bertz CT molecular complexity index is 556. The lowest BCUT2D eigenvalue weighted by Crippen LogP contribution is -2.40. The molecule has 5 nitrogen and oxygen atoms in total. The van der Waals surface area contributed by atoms with Gasteiger partial charge in [-0.05, 0) is 30.8 Å². The Morgan fingerprint density at radius 2 is 2.30 bits per heavy atom. The first-order valence-electron chi connectivity index (χ1n) is 6.21. The summed E-state index contributed by atoms with van der Waals surface area (Å²) in [5.74, 6) is -1.94. The lowest BCUT2D eigenvalue weighted by molar-refractivity contribution is -0.143. The zero-order valence-corrected chi connectivity index (χ0v) is 11.0. The molecule has 1 saturated heterocycles. The van der Waals surface area contributed by atoms with Gasteiger partial charge < -0.3 is 9.84 Å². The number of benzene rings is 1. The fraction of sp³-hybridized carbons (Fsp3) is 0.429. The first kappa shape index (κ1) is 14.4. The van der Waals surface area contributed by atoms with Gasteiger partial charge in [-0.15, -0.1) is 0 Å². The van der Waals surface area contributed by atoms with E-state index in [-0.39, 0.29) is 18.2 Å². The van der Waals surface area contributed by atoms with Crippen LogP contribution in [0.5, 0.6) is 0 Å². The fourth-order valence-electron chi connectivity index (χ4n) is 2.42. The largest absolute Gasteiger partial charge is 0.481 e. The summed E-state index contributed by atoms with van der Waals surface area (Å²) in [6.45, 7) is 0.898. The average molecular weight is 278 g/mol. The van der Waals surface area contributed by atoms with Crippen LogP contribution in [0.3, 0.4) is 0 Å². The standard InChI is InChI=1S/C14H15FN2O3/c1-17(13-8-20-7-12(13)14(18)19)6-10-2-9(5-16)3-11(15)4-10/h2-4,12-13H,6-8H2,1H3,(H,18,19). The molecule has 1 N–H and O–H groups in total. The van der Waals surface area contributed by atoms with Crippen molar-refractivity contribution in [3.8, 4) is 6.07 Å². The van der Waals surface area contributed by atoms with E-state index in [4.69, 9.17) is 15.1 Å². The molecular formula is C14H15FN2O3. The summed E-state index contributed by atoms with van der Waals surface area (Å²) in [4.78, 5) is 12.9. The van der Waals surface area contributed by atoms with Crippen LogP contribution in [0.25, 0.3) is 0 Å². The zero-order valence-electron chi connectivity index (χ0n) is 11.0. The lowest BCUT2D eigenvalue weighted by atomic mass is 10.0. The van der Waals surface area contributed by atoms with Crippen molar-refractivity contribution in [2.24, 2.45) is 5.92 Å². The van der Waals surface area contributed by atoms with Crippen molar-refractivity contribution in [3.05, 3.63) is 35.1 Å². The van der Waals surface area contributed by atoms with Gasteiger partial charge in [-0.25, -0.2) is 4.39 Å². The molecule has 1 aliphatic rings. The third-order valence-corrected chi connectivity index (χ3v) is 3.45. The predicted octanol–water partition coefficient (Wildman–Crippen LogP) is 1.23. The third-order valence-electron chi connectivity index (χ3n) is 3.45. The van der Waals surface area contributed by atoms with E-state index in [9.17, 15) is 9.18 Å². The summed E-state index contributed by atoms with van der Waals surface area (Å²) in [5.41, 5.74) is 0.894. The molecule has 1 aliphatic heterocycles. The number of hydrogen-bond acceptors (Lipinski definition) is 4. The van der Waals surface area contributed by atoms with Gasteiger partial charge in [-0.3, -0.25) is 9.69 Å². The number of carboxylic acids is 1. The molecule has 0 spiro atoms. The zero-order chi connectivity index (χ0) is 14.7. The van der Waals surface area contributed by atoms with Crippen LogP contribution in [0.15, 0.2) is 18.2 Å². The van der Waals surface area contributed by atoms with Crippen LogP contribution >= 0.6 is 0 Å². The molecule has 0 radical (unpaired) electrons. The molecule has 1 aromatic carbocycles. The van der Waals surface area contributed by atoms with Crippen molar-refractivity contribution in [3.63, 3.8) is 0 Å². The minimum atomic E-state index is -0.892. The van der Waals surface area contributed by atoms with E-state index in [0.717, 1.165) is 0 Å². The number of nitrogens with zero attached hydrogens (tertiary/aromatic N) is 2. The molecule has 1 fully saturated rings. The van der Waals surface area contributed by atoms with E-state index in [0.29, 0.717) is 18.7 Å². The van der Waals surface area contributed by atoms with Crippen molar-refractivity contribution in [2.45, 2.75) is 12.6 Å². The van der Waals surface area contributed by atoms with E-state index < -0.39 is 17.7 Å². The highest BCUT2D eigenvalue weighted by Crippen LogP contribution is 2.21. The molecule has 0 saturated carbocycles. The number of nitriles is 1. The fourth-order valence-corrected chi connectivity index (χ4v) is 2.42. The average Bonchev–Trinajstić information content (AvgIpc) is 2.87. The Balaban J connectivity index is 2.11. The predicted molar refractivity (Wildman–Crippen MR) is 68.3 cm³/mol. The molecule has 6 heteroatoms. The van der Waals surface area contributed by atoms with E-state index >= 15 is 0 Å². The Morgan fingerprint density at radius 1 is 1.55 bits per heavy atom. The molecule has 1 aromatic rings. The van der Waals surface area contributed by atoms with Crippen LogP contribution in [-0.4, -0.2) is 42.3 Å². The van der Waals surface area contributed by atoms with Crippen LogP contribution in [0.1, 0.15) is 11.1 Å². The van der Waals surface area contributed by atoms with Gasteiger partial charge in [0.05, 0.1) is 30.8 Å². The molecule has 0 bridgehead atoms. The number of aliphatic carboxylic acids is 1. The summed E-state index contributed by atoms with van der Waals surface area (Å²) in [5, 5.41) is 17.9. The molecule has 2 unspecified atom stereocenters. The smallest absolute Gasteiger partial charge is 0.310 e. The van der Waals surface area contributed by atoms with Gasteiger partial charge in [-0.1, -0.05) is 0 Å². The minimum absolute atomic E-state index is 0.191. The van der Waals surface area contributed by atoms with Crippen molar-refractivity contribution in [2.75, 3.05) is 20.3 Å². The van der Waals surface area contributed by atoms with Gasteiger partial charge in [0.25, 0.3) is 0 Å². The molecule has 0 aromatic heterocycles. The van der Waals surface area contributed by atoms with E-state index in [2.05, 4.69) is 0 Å². The highest BCUT2D eigenvalue weighted by Gasteiger charge is 2.36. The second kappa shape index (κ2) is 5.99. The molecule has 106 valence electrons. The maximum absolute atomic E-state index is 13.4. The molecule has 2 rings (SSSR count). The maximum Gasteiger partial charge on any atom is 0.310 e. The lowest BCUT2D eigenvalue weighted by Gasteiger charge is -2.26.